The Morgan fingerprint density at radius 3 is 2.23 bits per heavy atom. The molecule has 0 unspecified atom stereocenters. The van der Waals surface area contributed by atoms with Crippen molar-refractivity contribution in [1.29, 1.82) is 0 Å². The lowest BCUT2D eigenvalue weighted by Crippen LogP contribution is -2.40. The zero-order valence-electron chi connectivity index (χ0n) is 24.3. The summed E-state index contributed by atoms with van der Waals surface area (Å²) in [6, 6.07) is 33.8. The number of imide groups is 1. The molecular formula is C37H30ClN3O2S. The Labute approximate surface area is 265 Å². The van der Waals surface area contributed by atoms with Crippen molar-refractivity contribution in [3.63, 3.8) is 0 Å². The maximum absolute atomic E-state index is 13.5. The van der Waals surface area contributed by atoms with Crippen LogP contribution in [0.3, 0.4) is 0 Å². The number of halogens is 1. The molecule has 0 bridgehead atoms. The lowest BCUT2D eigenvalue weighted by Gasteiger charge is -2.27. The summed E-state index contributed by atoms with van der Waals surface area (Å²) in [4.78, 5) is 30.6. The van der Waals surface area contributed by atoms with Crippen LogP contribution in [0.25, 0.3) is 48.7 Å². The number of hydrogen-bond donors (Lipinski definition) is 0. The van der Waals surface area contributed by atoms with Crippen molar-refractivity contribution in [2.75, 3.05) is 6.54 Å². The van der Waals surface area contributed by atoms with E-state index in [1.165, 1.54) is 4.90 Å². The minimum atomic E-state index is -0.199. The Hall–Kier alpha value is -4.52. The number of unbranched alkanes of at least 4 members (excludes halogenated alkanes) is 3. The van der Waals surface area contributed by atoms with Gasteiger partial charge in [-0.05, 0) is 72.0 Å². The first-order valence-corrected chi connectivity index (χ1v) is 16.2. The Kier molecular flexibility index (Phi) is 7.62. The van der Waals surface area contributed by atoms with Crippen LogP contribution in [0.1, 0.15) is 53.3 Å². The summed E-state index contributed by atoms with van der Waals surface area (Å²) in [6.07, 6.45) is 4.04. The summed E-state index contributed by atoms with van der Waals surface area (Å²) in [6.45, 7) is 2.61. The fourth-order valence-corrected chi connectivity index (χ4v) is 7.14. The van der Waals surface area contributed by atoms with Crippen molar-refractivity contribution in [2.45, 2.75) is 32.6 Å². The summed E-state index contributed by atoms with van der Waals surface area (Å²) >= 11 is 7.82. The number of thiophene rings is 1. The molecule has 2 amide bonds. The number of carbonyl (C=O) groups excluding carboxylic acids is 2. The largest absolute Gasteiger partial charge is 0.274 e. The topological polar surface area (TPSA) is 55.2 Å². The van der Waals surface area contributed by atoms with Gasteiger partial charge >= 0.3 is 0 Å². The average Bonchev–Trinajstić information content (AvgIpc) is 3.72. The van der Waals surface area contributed by atoms with Gasteiger partial charge in [0.1, 0.15) is 0 Å². The molecule has 7 heteroatoms. The average molecular weight is 616 g/mol. The van der Waals surface area contributed by atoms with Gasteiger partial charge in [-0.3, -0.25) is 14.5 Å². The van der Waals surface area contributed by atoms with Gasteiger partial charge in [-0.25, -0.2) is 4.68 Å². The lowest BCUT2D eigenvalue weighted by atomic mass is 9.90. The Balaban J connectivity index is 1.28. The van der Waals surface area contributed by atoms with E-state index in [0.717, 1.165) is 74.4 Å². The molecule has 5 nitrogen and oxygen atoms in total. The minimum absolute atomic E-state index is 0.199. The fourth-order valence-electron chi connectivity index (χ4n) is 5.97. The van der Waals surface area contributed by atoms with E-state index in [1.807, 2.05) is 89.6 Å². The Morgan fingerprint density at radius 2 is 1.45 bits per heavy atom. The first-order chi connectivity index (χ1) is 21.5. The van der Waals surface area contributed by atoms with Gasteiger partial charge in [-0.15, -0.1) is 11.3 Å². The first-order valence-electron chi connectivity index (χ1n) is 15.0. The number of rotatable bonds is 9. The lowest BCUT2D eigenvalue weighted by molar-refractivity contribution is 0.0608. The molecule has 0 saturated heterocycles. The van der Waals surface area contributed by atoms with E-state index in [9.17, 15) is 9.59 Å². The van der Waals surface area contributed by atoms with Gasteiger partial charge in [0.15, 0.2) is 0 Å². The summed E-state index contributed by atoms with van der Waals surface area (Å²) < 4.78 is 1.98. The molecule has 0 N–H and O–H groups in total. The third kappa shape index (κ3) is 5.04. The third-order valence-corrected chi connectivity index (χ3v) is 9.59. The van der Waals surface area contributed by atoms with Crippen molar-refractivity contribution < 1.29 is 9.59 Å². The molecule has 1 aliphatic rings. The van der Waals surface area contributed by atoms with Crippen LogP contribution >= 0.6 is 22.9 Å². The highest BCUT2D eigenvalue weighted by Crippen LogP contribution is 2.42. The van der Waals surface area contributed by atoms with E-state index in [2.05, 4.69) is 25.1 Å². The predicted octanol–water partition coefficient (Wildman–Crippen LogP) is 9.92. The molecule has 6 aromatic rings. The van der Waals surface area contributed by atoms with E-state index in [0.29, 0.717) is 22.7 Å². The van der Waals surface area contributed by atoms with E-state index in [1.54, 1.807) is 11.3 Å². The zero-order valence-corrected chi connectivity index (χ0v) is 25.9. The number of hydrogen-bond acceptors (Lipinski definition) is 4. The predicted molar refractivity (Wildman–Crippen MR) is 180 cm³/mol. The molecule has 44 heavy (non-hydrogen) atoms. The van der Waals surface area contributed by atoms with Crippen LogP contribution in [-0.2, 0) is 0 Å². The van der Waals surface area contributed by atoms with E-state index < -0.39 is 0 Å². The van der Waals surface area contributed by atoms with Crippen LogP contribution in [-0.4, -0.2) is 33.0 Å². The summed E-state index contributed by atoms with van der Waals surface area (Å²) in [5.74, 6) is -0.398. The van der Waals surface area contributed by atoms with E-state index in [-0.39, 0.29) is 11.8 Å². The normalized spacial score (nSPS) is 12.8. The van der Waals surface area contributed by atoms with E-state index >= 15 is 0 Å². The zero-order chi connectivity index (χ0) is 30.2. The van der Waals surface area contributed by atoms with Crippen molar-refractivity contribution in [3.05, 3.63) is 119 Å². The minimum Gasteiger partial charge on any atom is -0.274 e. The van der Waals surface area contributed by atoms with E-state index in [4.69, 9.17) is 16.7 Å². The molecule has 2 aromatic heterocycles. The van der Waals surface area contributed by atoms with Gasteiger partial charge in [-0.2, -0.15) is 5.10 Å². The van der Waals surface area contributed by atoms with Crippen molar-refractivity contribution in [2.24, 2.45) is 0 Å². The molecule has 3 heterocycles. The summed E-state index contributed by atoms with van der Waals surface area (Å²) in [5, 5.41) is 7.34. The smallest absolute Gasteiger partial charge is 0.261 e. The highest BCUT2D eigenvalue weighted by Gasteiger charge is 2.33. The van der Waals surface area contributed by atoms with Crippen molar-refractivity contribution in [3.8, 4) is 38.0 Å². The molecule has 0 fully saturated rings. The molecule has 0 atom stereocenters. The molecule has 0 aliphatic carbocycles. The summed E-state index contributed by atoms with van der Waals surface area (Å²) in [7, 11) is 0. The van der Waals surface area contributed by atoms with Crippen LogP contribution in [0, 0.1) is 0 Å². The van der Waals surface area contributed by atoms with Crippen molar-refractivity contribution in [1.82, 2.24) is 14.7 Å². The Bertz CT molecular complexity index is 1990. The quantitative estimate of drug-likeness (QED) is 0.120. The van der Waals surface area contributed by atoms with Gasteiger partial charge in [0, 0.05) is 38.5 Å². The molecule has 4 aromatic carbocycles. The maximum atomic E-state index is 13.5. The monoisotopic (exact) mass is 615 g/mol. The first kappa shape index (κ1) is 28.3. The summed E-state index contributed by atoms with van der Waals surface area (Å²) in [5.41, 5.74) is 5.98. The number of amides is 2. The second kappa shape index (κ2) is 11.9. The number of carbonyl (C=O) groups is 2. The molecule has 0 spiro atoms. The molecule has 7 rings (SSSR count). The van der Waals surface area contributed by atoms with Crippen LogP contribution in [0.2, 0.25) is 5.02 Å². The van der Waals surface area contributed by atoms with Gasteiger partial charge in [-0.1, -0.05) is 86.3 Å². The number of benzene rings is 4. The highest BCUT2D eigenvalue weighted by molar-refractivity contribution is 7.18. The standard InChI is InChI=1S/C37H30ClN3O2S/c1-2-3-4-8-22-40-36(42)29-13-9-12-28-27(18-19-30(35(28)29)37(40)43)33-20-21-34(44-33)32-23-31(24-14-16-25(38)17-15-24)39-41(32)26-10-6-5-7-11-26/h5-7,9-21,23H,2-4,8,22H2,1H3. The fraction of sp³-hybridized carbons (Fsp3) is 0.162. The number of nitrogens with zero attached hydrogens (tertiary/aromatic N) is 3. The maximum Gasteiger partial charge on any atom is 0.261 e. The van der Waals surface area contributed by atoms with Gasteiger partial charge in [0.2, 0.25) is 0 Å². The van der Waals surface area contributed by atoms with Gasteiger partial charge in [0.25, 0.3) is 11.8 Å². The van der Waals surface area contributed by atoms with Crippen LogP contribution in [0.15, 0.2) is 103 Å². The van der Waals surface area contributed by atoms with Crippen LogP contribution in [0.5, 0.6) is 0 Å². The molecule has 218 valence electrons. The second-order valence-electron chi connectivity index (χ2n) is 11.0. The molecular weight excluding hydrogens is 586 g/mol. The Morgan fingerprint density at radius 1 is 0.727 bits per heavy atom. The van der Waals surface area contributed by atoms with Crippen molar-refractivity contribution >= 4 is 45.5 Å². The highest BCUT2D eigenvalue weighted by atomic mass is 35.5. The number of aromatic nitrogens is 2. The van der Waals surface area contributed by atoms with Gasteiger partial charge in [0.05, 0.1) is 22.0 Å². The molecule has 0 saturated carbocycles. The number of para-hydroxylation sites is 1. The van der Waals surface area contributed by atoms with Crippen LogP contribution < -0.4 is 0 Å². The second-order valence-corrected chi connectivity index (χ2v) is 12.6. The van der Waals surface area contributed by atoms with Gasteiger partial charge < -0.3 is 0 Å². The molecule has 0 radical (unpaired) electrons. The third-order valence-electron chi connectivity index (χ3n) is 8.20. The van der Waals surface area contributed by atoms with Crippen LogP contribution in [0.4, 0.5) is 0 Å². The molecule has 1 aliphatic heterocycles. The SMILES string of the molecule is CCCCCCN1C(=O)c2cccc3c(-c4ccc(-c5cc(-c6ccc(Cl)cc6)nn5-c5ccccc5)s4)ccc(c23)C1=O.